The second-order valence-electron chi connectivity index (χ2n) is 12.0. The van der Waals surface area contributed by atoms with Gasteiger partial charge in [0.15, 0.2) is 9.84 Å². The lowest BCUT2D eigenvalue weighted by molar-refractivity contribution is -0.189. The molecule has 3 aromatic rings. The Balaban J connectivity index is 1.17. The Hall–Kier alpha value is -3.40. The summed E-state index contributed by atoms with van der Waals surface area (Å²) in [6.45, 7) is 1.01. The fraction of sp³-hybridized carbons (Fsp3) is 0.500. The summed E-state index contributed by atoms with van der Waals surface area (Å²) in [7, 11) is -1.98. The summed E-state index contributed by atoms with van der Waals surface area (Å²) in [6, 6.07) is 12.4. The van der Waals surface area contributed by atoms with Crippen LogP contribution in [-0.2, 0) is 21.1 Å². The number of rotatable bonds is 8. The van der Waals surface area contributed by atoms with Crippen molar-refractivity contribution in [3.63, 3.8) is 0 Å². The lowest BCUT2D eigenvalue weighted by Gasteiger charge is -2.50. The van der Waals surface area contributed by atoms with E-state index in [1.807, 2.05) is 6.07 Å². The average molecular weight is 631 g/mol. The molecule has 4 aliphatic rings. The third-order valence-electron chi connectivity index (χ3n) is 8.83. The first kappa shape index (κ1) is 30.6. The van der Waals surface area contributed by atoms with Gasteiger partial charge < -0.3 is 24.7 Å². The fourth-order valence-corrected chi connectivity index (χ4v) is 7.31. The van der Waals surface area contributed by atoms with Crippen LogP contribution in [0.4, 0.5) is 24.5 Å². The molecule has 4 fully saturated rings. The van der Waals surface area contributed by atoms with E-state index in [1.54, 1.807) is 24.3 Å². The molecule has 1 saturated carbocycles. The number of aromatic nitrogens is 1. The van der Waals surface area contributed by atoms with Gasteiger partial charge >= 0.3 is 6.18 Å². The maximum absolute atomic E-state index is 13.7. The van der Waals surface area contributed by atoms with Gasteiger partial charge in [0.25, 0.3) is 0 Å². The number of sulfone groups is 1. The average Bonchev–Trinajstić information content (AvgIpc) is 3.31. The van der Waals surface area contributed by atoms with Crippen LogP contribution in [0, 0.1) is 11.8 Å². The predicted molar refractivity (Wildman–Crippen MR) is 164 cm³/mol. The molecule has 8 nitrogen and oxygen atoms in total. The summed E-state index contributed by atoms with van der Waals surface area (Å²) in [5.41, 5.74) is 2.08. The van der Waals surface area contributed by atoms with Crippen molar-refractivity contribution in [1.82, 2.24) is 9.47 Å². The van der Waals surface area contributed by atoms with Gasteiger partial charge in [0, 0.05) is 55.0 Å². The number of halogens is 3. The van der Waals surface area contributed by atoms with Gasteiger partial charge in [0.2, 0.25) is 0 Å². The molecule has 2 atom stereocenters. The lowest BCUT2D eigenvalue weighted by atomic mass is 9.87. The van der Waals surface area contributed by atoms with Crippen LogP contribution >= 0.6 is 0 Å². The predicted octanol–water partition coefficient (Wildman–Crippen LogP) is 5.28. The number of morpholine rings is 1. The third-order valence-corrected chi connectivity index (χ3v) is 9.94. The zero-order valence-electron chi connectivity index (χ0n) is 24.8. The number of hydrogen-bond acceptors (Lipinski definition) is 7. The van der Waals surface area contributed by atoms with Crippen LogP contribution in [0.3, 0.4) is 0 Å². The molecule has 2 unspecified atom stereocenters. The first-order valence-corrected chi connectivity index (χ1v) is 16.8. The Morgan fingerprint density at radius 2 is 1.77 bits per heavy atom. The second kappa shape index (κ2) is 12.2. The van der Waals surface area contributed by atoms with E-state index < -0.39 is 22.6 Å². The van der Waals surface area contributed by atoms with E-state index in [0.717, 1.165) is 50.7 Å². The fourth-order valence-electron chi connectivity index (χ4n) is 6.68. The van der Waals surface area contributed by atoms with Crippen LogP contribution in [0.5, 0.6) is 5.75 Å². The number of nitrogens with one attached hydrogen (secondary N) is 2. The molecule has 0 spiro atoms. The van der Waals surface area contributed by atoms with Gasteiger partial charge in [-0.25, -0.2) is 8.42 Å². The molecule has 0 radical (unpaired) electrons. The standard InChI is InChI=1S/C32H37F3N4O4S/c1-42-31-17-26(44(2,40)41)12-13-29(31)36-14-4-5-23-15-27-28(6-3-7-30(27)39(23)20-32(33,34)35)37-21-8-10-22(11-9-21)38-18-24-16-25(19-38)43-24/h3,6-7,12-13,15,17,21-22,24-25,36-37H,8-11,14,16,18-20H2,1-2H3/t21-,22+,24?,25?. The Morgan fingerprint density at radius 1 is 1.05 bits per heavy atom. The van der Waals surface area contributed by atoms with Crippen LogP contribution in [0.1, 0.15) is 37.8 Å². The molecule has 2 N–H and O–H groups in total. The zero-order chi connectivity index (χ0) is 31.1. The topological polar surface area (TPSA) is 84.8 Å². The molecular formula is C32H37F3N4O4S. The summed E-state index contributed by atoms with van der Waals surface area (Å²) < 4.78 is 77.0. The van der Waals surface area contributed by atoms with Crippen molar-refractivity contribution in [3.05, 3.63) is 48.2 Å². The Bertz CT molecular complexity index is 1670. The highest BCUT2D eigenvalue weighted by Crippen LogP contribution is 2.35. The van der Waals surface area contributed by atoms with Crippen molar-refractivity contribution in [2.24, 2.45) is 0 Å². The maximum atomic E-state index is 13.7. The quantitative estimate of drug-likeness (QED) is 0.328. The van der Waals surface area contributed by atoms with Crippen molar-refractivity contribution < 1.29 is 31.1 Å². The van der Waals surface area contributed by atoms with Crippen LogP contribution in [0.15, 0.2) is 47.4 Å². The van der Waals surface area contributed by atoms with E-state index in [-0.39, 0.29) is 23.2 Å². The number of methoxy groups -OCH3 is 1. The summed E-state index contributed by atoms with van der Waals surface area (Å²) in [4.78, 5) is 2.70. The van der Waals surface area contributed by atoms with E-state index >= 15 is 0 Å². The summed E-state index contributed by atoms with van der Waals surface area (Å²) in [6.07, 6.45) is 2.86. The van der Waals surface area contributed by atoms with Gasteiger partial charge in [0.05, 0.1) is 47.7 Å². The number of hydrogen-bond donors (Lipinski definition) is 2. The van der Waals surface area contributed by atoms with E-state index in [1.165, 1.54) is 30.2 Å². The van der Waals surface area contributed by atoms with Crippen molar-refractivity contribution >= 4 is 32.1 Å². The van der Waals surface area contributed by atoms with Gasteiger partial charge in [-0.3, -0.25) is 4.90 Å². The SMILES string of the molecule is COc1cc(S(C)(=O)=O)ccc1NCC#Cc1cc2c(N[C@H]3CC[C@@H](N4CC5CC(C4)O5)CC3)cccc2n1CC(F)(F)F. The second-order valence-corrected chi connectivity index (χ2v) is 14.0. The molecule has 2 bridgehead atoms. The summed E-state index contributed by atoms with van der Waals surface area (Å²) in [5, 5.41) is 7.40. The molecule has 1 aromatic heterocycles. The molecule has 12 heteroatoms. The smallest absolute Gasteiger partial charge is 0.406 e. The van der Waals surface area contributed by atoms with Crippen molar-refractivity contribution in [1.29, 1.82) is 0 Å². The maximum Gasteiger partial charge on any atom is 0.406 e. The number of anilines is 2. The summed E-state index contributed by atoms with van der Waals surface area (Å²) in [5.74, 6) is 6.16. The lowest BCUT2D eigenvalue weighted by Crippen LogP contribution is -2.60. The Labute approximate surface area is 255 Å². The molecule has 3 aliphatic heterocycles. The van der Waals surface area contributed by atoms with Gasteiger partial charge in [0.1, 0.15) is 12.3 Å². The van der Waals surface area contributed by atoms with Gasteiger partial charge in [-0.15, -0.1) is 0 Å². The molecule has 4 heterocycles. The Kier molecular flexibility index (Phi) is 8.48. The van der Waals surface area contributed by atoms with E-state index in [9.17, 15) is 21.6 Å². The third kappa shape index (κ3) is 6.80. The van der Waals surface area contributed by atoms with E-state index in [0.29, 0.717) is 40.6 Å². The number of nitrogens with zero attached hydrogens (tertiary/aromatic N) is 2. The van der Waals surface area contributed by atoms with Crippen LogP contribution in [-0.4, -0.2) is 81.4 Å². The number of alkyl halides is 3. The number of ether oxygens (including phenoxy) is 2. The number of fused-ring (bicyclic) bond motifs is 3. The van der Waals surface area contributed by atoms with Gasteiger partial charge in [-0.05, 0) is 61.9 Å². The molecule has 7 rings (SSSR count). The highest BCUT2D eigenvalue weighted by atomic mass is 32.2. The highest BCUT2D eigenvalue weighted by Gasteiger charge is 2.41. The molecule has 2 aromatic carbocycles. The molecular weight excluding hydrogens is 593 g/mol. The number of piperidine rings is 1. The Morgan fingerprint density at radius 3 is 2.43 bits per heavy atom. The minimum absolute atomic E-state index is 0.112. The molecule has 44 heavy (non-hydrogen) atoms. The highest BCUT2D eigenvalue weighted by molar-refractivity contribution is 7.90. The van der Waals surface area contributed by atoms with Crippen molar-refractivity contribution in [2.45, 2.75) is 74.0 Å². The zero-order valence-corrected chi connectivity index (χ0v) is 25.6. The van der Waals surface area contributed by atoms with Gasteiger partial charge in [-0.2, -0.15) is 13.2 Å². The van der Waals surface area contributed by atoms with Crippen LogP contribution in [0.25, 0.3) is 10.9 Å². The van der Waals surface area contributed by atoms with E-state index in [2.05, 4.69) is 27.4 Å². The minimum Gasteiger partial charge on any atom is -0.495 e. The molecule has 1 aliphatic carbocycles. The van der Waals surface area contributed by atoms with Crippen LogP contribution < -0.4 is 15.4 Å². The van der Waals surface area contributed by atoms with Gasteiger partial charge in [-0.1, -0.05) is 12.0 Å². The van der Waals surface area contributed by atoms with Crippen molar-refractivity contribution in [3.8, 4) is 17.6 Å². The van der Waals surface area contributed by atoms with E-state index in [4.69, 9.17) is 9.47 Å². The minimum atomic E-state index is -4.42. The van der Waals surface area contributed by atoms with Crippen LogP contribution in [0.2, 0.25) is 0 Å². The largest absolute Gasteiger partial charge is 0.495 e. The first-order chi connectivity index (χ1) is 21.0. The monoisotopic (exact) mass is 630 g/mol. The summed E-state index contributed by atoms with van der Waals surface area (Å²) >= 11 is 0. The normalized spacial score (nSPS) is 23.8. The number of benzene rings is 2. The molecule has 236 valence electrons. The first-order valence-electron chi connectivity index (χ1n) is 14.9. The molecule has 3 saturated heterocycles. The molecule has 0 amide bonds. The van der Waals surface area contributed by atoms with Crippen molar-refractivity contribution in [2.75, 3.05) is 43.6 Å².